The fraction of sp³-hybridized carbons (Fsp3) is 0.0690. The minimum atomic E-state index is -2.23. The van der Waals surface area contributed by atoms with Gasteiger partial charge in [0.25, 0.3) is 0 Å². The molecule has 0 aliphatic heterocycles. The van der Waals surface area contributed by atoms with Gasteiger partial charge in [0, 0.05) is 10.6 Å². The third-order valence-corrected chi connectivity index (χ3v) is 12.7. The van der Waals surface area contributed by atoms with Gasteiger partial charge in [-0.3, -0.25) is 0 Å². The second kappa shape index (κ2) is 12.0. The normalized spacial score (nSPS) is 11.1. The van der Waals surface area contributed by atoms with Crippen LogP contribution >= 0.6 is 42.0 Å². The number of thiazole rings is 1. The van der Waals surface area contributed by atoms with Crippen molar-refractivity contribution in [1.29, 1.82) is 0 Å². The zero-order valence-corrected chi connectivity index (χ0v) is 24.6. The van der Waals surface area contributed by atoms with Gasteiger partial charge in [0.2, 0.25) is 5.44 Å². The molecule has 176 valence electrons. The highest BCUT2D eigenvalue weighted by Crippen LogP contribution is 2.56. The lowest BCUT2D eigenvalue weighted by molar-refractivity contribution is -0.00000640. The number of thioether (sulfide) groups is 1. The summed E-state index contributed by atoms with van der Waals surface area (Å²) in [5.74, 6) is 0.994. The maximum Gasteiger partial charge on any atom is 0.223 e. The van der Waals surface area contributed by atoms with E-state index in [1.165, 1.54) is 25.6 Å². The second-order valence-electron chi connectivity index (χ2n) is 7.75. The SMILES string of the molecule is CCSc1sc(-c2ccc(Cl)cc2)nc1[P+](c1ccccc1)(c1ccccc1)c1ccccc1.[I-]. The molecule has 0 atom stereocenters. The molecule has 5 aromatic rings. The van der Waals surface area contributed by atoms with Gasteiger partial charge in [-0.25, -0.2) is 0 Å². The van der Waals surface area contributed by atoms with E-state index in [4.69, 9.17) is 16.6 Å². The van der Waals surface area contributed by atoms with Crippen molar-refractivity contribution in [3.63, 3.8) is 0 Å². The Morgan fingerprint density at radius 3 is 1.60 bits per heavy atom. The van der Waals surface area contributed by atoms with Gasteiger partial charge >= 0.3 is 0 Å². The molecule has 6 heteroatoms. The molecule has 0 aliphatic rings. The zero-order chi connectivity index (χ0) is 23.4. The maximum absolute atomic E-state index is 6.18. The molecule has 0 aliphatic carbocycles. The third kappa shape index (κ3) is 5.23. The predicted molar refractivity (Wildman–Crippen MR) is 154 cm³/mol. The van der Waals surface area contributed by atoms with Crippen molar-refractivity contribution >= 4 is 63.3 Å². The number of benzene rings is 4. The van der Waals surface area contributed by atoms with Gasteiger partial charge in [-0.05, 0) is 54.3 Å². The zero-order valence-electron chi connectivity index (χ0n) is 19.1. The molecule has 5 rings (SSSR count). The van der Waals surface area contributed by atoms with Crippen molar-refractivity contribution in [2.24, 2.45) is 0 Å². The number of hydrogen-bond donors (Lipinski definition) is 0. The quantitative estimate of drug-likeness (QED) is 0.150. The Morgan fingerprint density at radius 1 is 0.714 bits per heavy atom. The van der Waals surface area contributed by atoms with Crippen LogP contribution in [0.4, 0.5) is 0 Å². The molecule has 0 amide bonds. The van der Waals surface area contributed by atoms with Gasteiger partial charge in [0.15, 0.2) is 7.26 Å². The highest BCUT2D eigenvalue weighted by molar-refractivity contribution is 8.05. The van der Waals surface area contributed by atoms with Crippen molar-refractivity contribution in [2.45, 2.75) is 11.1 Å². The number of rotatable bonds is 7. The molecule has 0 saturated carbocycles. The van der Waals surface area contributed by atoms with Gasteiger partial charge in [-0.15, -0.1) is 23.1 Å². The molecule has 4 aromatic carbocycles. The lowest BCUT2D eigenvalue weighted by Gasteiger charge is -2.26. The second-order valence-corrected chi connectivity index (χ2v) is 14.0. The molecular weight excluding hydrogens is 620 g/mol. The summed E-state index contributed by atoms with van der Waals surface area (Å²) in [4.78, 5) is 5.43. The van der Waals surface area contributed by atoms with Crippen LogP contribution in [0, 0.1) is 0 Å². The Balaban J connectivity index is 0.00000289. The van der Waals surface area contributed by atoms with Crippen LogP contribution in [0.2, 0.25) is 5.02 Å². The van der Waals surface area contributed by atoms with Crippen LogP contribution in [0.1, 0.15) is 6.92 Å². The summed E-state index contributed by atoms with van der Waals surface area (Å²) >= 11 is 9.86. The topological polar surface area (TPSA) is 12.9 Å². The van der Waals surface area contributed by atoms with E-state index in [-0.39, 0.29) is 24.0 Å². The van der Waals surface area contributed by atoms with Gasteiger partial charge in [-0.2, -0.15) is 4.98 Å². The summed E-state index contributed by atoms with van der Waals surface area (Å²) < 4.78 is 1.29. The van der Waals surface area contributed by atoms with Crippen molar-refractivity contribution in [2.75, 3.05) is 5.75 Å². The van der Waals surface area contributed by atoms with Crippen molar-refractivity contribution in [1.82, 2.24) is 4.98 Å². The lowest BCUT2D eigenvalue weighted by atomic mass is 10.2. The largest absolute Gasteiger partial charge is 1.00 e. The highest BCUT2D eigenvalue weighted by atomic mass is 127. The van der Waals surface area contributed by atoms with Crippen LogP contribution < -0.4 is 45.3 Å². The van der Waals surface area contributed by atoms with E-state index < -0.39 is 7.26 Å². The molecule has 1 nitrogen and oxygen atoms in total. The standard InChI is InChI=1S/C29H24ClNPS2.HI/c1-2-33-29-27(31-28(34-29)22-18-20-23(30)21-19-22)32(24-12-6-3-7-13-24,25-14-8-4-9-15-25)26-16-10-5-11-17-26;/h3-21H,2H2,1H3;1H/q+1;/p-1. The minimum Gasteiger partial charge on any atom is -1.00 e. The Kier molecular flexibility index (Phi) is 9.07. The highest BCUT2D eigenvalue weighted by Gasteiger charge is 2.52. The maximum atomic E-state index is 6.18. The van der Waals surface area contributed by atoms with E-state index in [1.807, 2.05) is 23.9 Å². The van der Waals surface area contributed by atoms with E-state index in [0.717, 1.165) is 21.3 Å². The van der Waals surface area contributed by atoms with E-state index in [9.17, 15) is 0 Å². The first-order valence-electron chi connectivity index (χ1n) is 11.2. The molecule has 35 heavy (non-hydrogen) atoms. The van der Waals surface area contributed by atoms with Gasteiger partial charge in [0.1, 0.15) is 25.1 Å². The first-order chi connectivity index (χ1) is 16.7. The molecule has 0 radical (unpaired) electrons. The lowest BCUT2D eigenvalue weighted by Crippen LogP contribution is -3.00. The van der Waals surface area contributed by atoms with E-state index in [2.05, 4.69) is 110 Å². The summed E-state index contributed by atoms with van der Waals surface area (Å²) in [5, 5.41) is 5.73. The Bertz CT molecular complexity index is 1260. The summed E-state index contributed by atoms with van der Waals surface area (Å²) in [7, 11) is -2.23. The smallest absolute Gasteiger partial charge is 0.223 e. The minimum absolute atomic E-state index is 0. The Labute approximate surface area is 238 Å². The molecule has 1 aromatic heterocycles. The molecule has 0 N–H and O–H groups in total. The number of hydrogen-bond acceptors (Lipinski definition) is 3. The number of aromatic nitrogens is 1. The van der Waals surface area contributed by atoms with Crippen molar-refractivity contribution < 1.29 is 24.0 Å². The van der Waals surface area contributed by atoms with Crippen LogP contribution in [0.15, 0.2) is 119 Å². The van der Waals surface area contributed by atoms with Crippen LogP contribution in [0.3, 0.4) is 0 Å². The number of nitrogens with zero attached hydrogens (tertiary/aromatic N) is 1. The van der Waals surface area contributed by atoms with E-state index in [1.54, 1.807) is 11.3 Å². The van der Waals surface area contributed by atoms with Crippen molar-refractivity contribution in [3.8, 4) is 10.6 Å². The molecular formula is C29H24ClINPS2. The average molecular weight is 644 g/mol. The molecule has 0 bridgehead atoms. The van der Waals surface area contributed by atoms with E-state index in [0.29, 0.717) is 0 Å². The first-order valence-corrected chi connectivity index (χ1v) is 15.2. The summed E-state index contributed by atoms with van der Waals surface area (Å²) in [6.45, 7) is 2.21. The molecule has 0 unspecified atom stereocenters. The monoisotopic (exact) mass is 643 g/mol. The molecule has 1 heterocycles. The molecule has 0 saturated heterocycles. The fourth-order valence-corrected chi connectivity index (χ4v) is 11.5. The first kappa shape index (κ1) is 26.4. The average Bonchev–Trinajstić information content (AvgIpc) is 3.31. The summed E-state index contributed by atoms with van der Waals surface area (Å²) in [5.41, 5.74) is 2.30. The van der Waals surface area contributed by atoms with Crippen molar-refractivity contribution in [3.05, 3.63) is 120 Å². The van der Waals surface area contributed by atoms with Gasteiger partial charge in [0.05, 0.1) is 0 Å². The van der Waals surface area contributed by atoms with Gasteiger partial charge < -0.3 is 24.0 Å². The van der Waals surface area contributed by atoms with E-state index >= 15 is 0 Å². The Hall–Kier alpha value is -1.69. The van der Waals surface area contributed by atoms with Crippen LogP contribution in [-0.4, -0.2) is 10.7 Å². The van der Waals surface area contributed by atoms with Crippen LogP contribution in [-0.2, 0) is 0 Å². The summed E-state index contributed by atoms with van der Waals surface area (Å²) in [6.07, 6.45) is 0. The van der Waals surface area contributed by atoms with Crippen LogP contribution in [0.25, 0.3) is 10.6 Å². The fourth-order valence-electron chi connectivity index (χ4n) is 4.22. The number of halogens is 2. The molecule has 0 fully saturated rings. The van der Waals surface area contributed by atoms with Crippen LogP contribution in [0.5, 0.6) is 0 Å². The van der Waals surface area contributed by atoms with Gasteiger partial charge in [-0.1, -0.05) is 85.3 Å². The predicted octanol–water partition coefficient (Wildman–Crippen LogP) is 4.20. The third-order valence-electron chi connectivity index (χ3n) is 5.69. The Morgan fingerprint density at radius 2 is 1.17 bits per heavy atom. The summed E-state index contributed by atoms with van der Waals surface area (Å²) in [6, 6.07) is 40.8. The molecule has 0 spiro atoms.